The molecule has 3 atom stereocenters. The maximum Gasteiger partial charge on any atom is 0.00982 e. The van der Waals surface area contributed by atoms with Crippen LogP contribution in [0.2, 0.25) is 0 Å². The molecule has 1 fully saturated rings. The molecule has 0 aliphatic heterocycles. The van der Waals surface area contributed by atoms with Crippen molar-refractivity contribution in [3.63, 3.8) is 0 Å². The van der Waals surface area contributed by atoms with Gasteiger partial charge in [-0.15, -0.1) is 0 Å². The normalized spacial score (nSPS) is 22.6. The SMILES string of the molecule is CCCCCCCCCCCCCCCCCC(N)C1(CCC)CCCCC1CCC. The third-order valence-corrected chi connectivity index (χ3v) is 8.47. The van der Waals surface area contributed by atoms with Crippen LogP contribution >= 0.6 is 0 Å². The van der Waals surface area contributed by atoms with E-state index in [1.165, 1.54) is 154 Å². The first kappa shape index (κ1) is 29.0. The van der Waals surface area contributed by atoms with Gasteiger partial charge in [0.25, 0.3) is 0 Å². The van der Waals surface area contributed by atoms with E-state index in [2.05, 4.69) is 20.8 Å². The van der Waals surface area contributed by atoms with Gasteiger partial charge < -0.3 is 5.73 Å². The fourth-order valence-corrected chi connectivity index (χ4v) is 6.61. The Hall–Kier alpha value is -0.0400. The Balaban J connectivity index is 2.06. The van der Waals surface area contributed by atoms with E-state index in [-0.39, 0.29) is 0 Å². The number of unbranched alkanes of at least 4 members (excludes halogenated alkanes) is 14. The van der Waals surface area contributed by atoms with Crippen LogP contribution in [0.25, 0.3) is 0 Å². The van der Waals surface area contributed by atoms with E-state index in [4.69, 9.17) is 5.73 Å². The largest absolute Gasteiger partial charge is 0.327 e. The van der Waals surface area contributed by atoms with Crippen LogP contribution in [0.5, 0.6) is 0 Å². The van der Waals surface area contributed by atoms with E-state index in [1.807, 2.05) is 0 Å². The Morgan fingerprint density at radius 3 is 1.65 bits per heavy atom. The summed E-state index contributed by atoms with van der Waals surface area (Å²) in [4.78, 5) is 0. The summed E-state index contributed by atoms with van der Waals surface area (Å²) in [5.74, 6) is 0.901. The summed E-state index contributed by atoms with van der Waals surface area (Å²) in [6, 6.07) is 0.450. The van der Waals surface area contributed by atoms with E-state index in [1.54, 1.807) is 0 Å². The summed E-state index contributed by atoms with van der Waals surface area (Å²) in [5.41, 5.74) is 7.42. The monoisotopic (exact) mass is 435 g/mol. The van der Waals surface area contributed by atoms with E-state index < -0.39 is 0 Å². The van der Waals surface area contributed by atoms with Gasteiger partial charge in [0.1, 0.15) is 0 Å². The minimum atomic E-state index is 0.450. The maximum absolute atomic E-state index is 6.94. The highest BCUT2D eigenvalue weighted by molar-refractivity contribution is 4.96. The summed E-state index contributed by atoms with van der Waals surface area (Å²) in [6.45, 7) is 7.04. The molecule has 1 aliphatic rings. The quantitative estimate of drug-likeness (QED) is 0.178. The van der Waals surface area contributed by atoms with Gasteiger partial charge in [-0.3, -0.25) is 0 Å². The van der Waals surface area contributed by atoms with Crippen molar-refractivity contribution in [2.45, 2.75) is 181 Å². The van der Waals surface area contributed by atoms with Crippen LogP contribution in [0, 0.1) is 11.3 Å². The van der Waals surface area contributed by atoms with E-state index in [0.29, 0.717) is 11.5 Å². The molecule has 0 bridgehead atoms. The minimum absolute atomic E-state index is 0.450. The first-order valence-electron chi connectivity index (χ1n) is 15.0. The molecule has 0 heterocycles. The number of rotatable bonds is 21. The highest BCUT2D eigenvalue weighted by Gasteiger charge is 2.43. The lowest BCUT2D eigenvalue weighted by Gasteiger charge is -2.49. The average molecular weight is 436 g/mol. The summed E-state index contributed by atoms with van der Waals surface area (Å²) in [5, 5.41) is 0. The van der Waals surface area contributed by atoms with Crippen LogP contribution in [0.3, 0.4) is 0 Å². The summed E-state index contributed by atoms with van der Waals surface area (Å²) in [6.07, 6.45) is 34.1. The molecule has 0 aromatic heterocycles. The average Bonchev–Trinajstić information content (AvgIpc) is 2.78. The summed E-state index contributed by atoms with van der Waals surface area (Å²) >= 11 is 0. The van der Waals surface area contributed by atoms with Gasteiger partial charge in [-0.05, 0) is 37.0 Å². The molecule has 0 spiro atoms. The molecule has 1 rings (SSSR count). The molecule has 1 nitrogen and oxygen atoms in total. The Bertz CT molecular complexity index is 373. The number of nitrogens with two attached hydrogens (primary N) is 1. The van der Waals surface area contributed by atoms with E-state index in [9.17, 15) is 0 Å². The van der Waals surface area contributed by atoms with Gasteiger partial charge in [-0.1, -0.05) is 149 Å². The van der Waals surface area contributed by atoms with Gasteiger partial charge in [-0.25, -0.2) is 0 Å². The van der Waals surface area contributed by atoms with Gasteiger partial charge >= 0.3 is 0 Å². The maximum atomic E-state index is 6.94. The Morgan fingerprint density at radius 1 is 0.645 bits per heavy atom. The second-order valence-electron chi connectivity index (χ2n) is 11.1. The number of hydrogen-bond donors (Lipinski definition) is 1. The van der Waals surface area contributed by atoms with Crippen molar-refractivity contribution in [3.8, 4) is 0 Å². The van der Waals surface area contributed by atoms with Crippen molar-refractivity contribution in [1.29, 1.82) is 0 Å². The molecule has 0 aromatic rings. The molecule has 31 heavy (non-hydrogen) atoms. The molecule has 0 amide bonds. The van der Waals surface area contributed by atoms with Crippen molar-refractivity contribution >= 4 is 0 Å². The van der Waals surface area contributed by atoms with Crippen molar-refractivity contribution in [3.05, 3.63) is 0 Å². The molecule has 1 aliphatic carbocycles. The first-order valence-corrected chi connectivity index (χ1v) is 15.0. The first-order chi connectivity index (χ1) is 15.2. The molecule has 0 saturated heterocycles. The van der Waals surface area contributed by atoms with E-state index in [0.717, 1.165) is 5.92 Å². The van der Waals surface area contributed by atoms with Gasteiger partial charge in [0, 0.05) is 6.04 Å². The van der Waals surface area contributed by atoms with Crippen LogP contribution in [0.15, 0.2) is 0 Å². The molecular weight excluding hydrogens is 374 g/mol. The molecule has 1 saturated carbocycles. The fourth-order valence-electron chi connectivity index (χ4n) is 6.61. The van der Waals surface area contributed by atoms with Crippen molar-refractivity contribution in [2.24, 2.45) is 17.1 Å². The fraction of sp³-hybridized carbons (Fsp3) is 1.00. The lowest BCUT2D eigenvalue weighted by atomic mass is 9.58. The van der Waals surface area contributed by atoms with Crippen molar-refractivity contribution in [2.75, 3.05) is 0 Å². The zero-order chi connectivity index (χ0) is 22.6. The molecule has 0 radical (unpaired) electrons. The highest BCUT2D eigenvalue weighted by Crippen LogP contribution is 2.49. The topological polar surface area (TPSA) is 26.0 Å². The molecule has 3 unspecified atom stereocenters. The molecule has 2 N–H and O–H groups in total. The summed E-state index contributed by atoms with van der Waals surface area (Å²) in [7, 11) is 0. The Morgan fingerprint density at radius 2 is 1.16 bits per heavy atom. The van der Waals surface area contributed by atoms with Crippen LogP contribution in [0.4, 0.5) is 0 Å². The lowest BCUT2D eigenvalue weighted by Crippen LogP contribution is -2.48. The van der Waals surface area contributed by atoms with Crippen LogP contribution in [-0.2, 0) is 0 Å². The zero-order valence-electron chi connectivity index (χ0n) is 22.2. The van der Waals surface area contributed by atoms with Crippen LogP contribution < -0.4 is 5.73 Å². The Labute approximate surface area is 198 Å². The van der Waals surface area contributed by atoms with Gasteiger partial charge in [0.05, 0.1) is 0 Å². The van der Waals surface area contributed by atoms with Gasteiger partial charge in [-0.2, -0.15) is 0 Å². The van der Waals surface area contributed by atoms with E-state index >= 15 is 0 Å². The molecule has 1 heteroatoms. The third kappa shape index (κ3) is 12.1. The second-order valence-corrected chi connectivity index (χ2v) is 11.1. The zero-order valence-corrected chi connectivity index (χ0v) is 22.2. The predicted octanol–water partition coefficient (Wildman–Crippen LogP) is 10.4. The lowest BCUT2D eigenvalue weighted by molar-refractivity contribution is 0.0399. The predicted molar refractivity (Wildman–Crippen MR) is 142 cm³/mol. The highest BCUT2D eigenvalue weighted by atomic mass is 14.7. The number of hydrogen-bond acceptors (Lipinski definition) is 1. The van der Waals surface area contributed by atoms with Crippen LogP contribution in [-0.4, -0.2) is 6.04 Å². The smallest absolute Gasteiger partial charge is 0.00982 e. The van der Waals surface area contributed by atoms with Crippen LogP contribution in [0.1, 0.15) is 175 Å². The van der Waals surface area contributed by atoms with Crippen molar-refractivity contribution < 1.29 is 0 Å². The standard InChI is InChI=1S/C30H61N/c1-4-7-8-9-10-11-12-13-14-15-16-17-18-19-20-25-29(31)30(26-6-3)27-22-21-24-28(30)23-5-2/h28-29H,4-27,31H2,1-3H3. The second kappa shape index (κ2) is 19.4. The minimum Gasteiger partial charge on any atom is -0.327 e. The molecule has 186 valence electrons. The van der Waals surface area contributed by atoms with Crippen molar-refractivity contribution in [1.82, 2.24) is 0 Å². The van der Waals surface area contributed by atoms with Gasteiger partial charge in [0.15, 0.2) is 0 Å². The Kier molecular flexibility index (Phi) is 18.2. The van der Waals surface area contributed by atoms with Gasteiger partial charge in [0.2, 0.25) is 0 Å². The third-order valence-electron chi connectivity index (χ3n) is 8.47. The molecule has 0 aromatic carbocycles. The molecular formula is C30H61N. The summed E-state index contributed by atoms with van der Waals surface area (Å²) < 4.78 is 0.